The smallest absolute Gasteiger partial charge is 0.254 e. The molecule has 30 heavy (non-hydrogen) atoms. The van der Waals surface area contributed by atoms with Gasteiger partial charge in [-0.3, -0.25) is 9.59 Å². The first-order chi connectivity index (χ1) is 13.7. The number of nitrogens with two attached hydrogens (primary N) is 1. The third kappa shape index (κ3) is 3.91. The van der Waals surface area contributed by atoms with Gasteiger partial charge < -0.3 is 15.6 Å². The summed E-state index contributed by atoms with van der Waals surface area (Å²) in [7, 11) is 0. The summed E-state index contributed by atoms with van der Waals surface area (Å²) < 4.78 is 0. The molecule has 162 valence electrons. The topological polar surface area (TPSA) is 92.1 Å². The number of amides is 1. The van der Waals surface area contributed by atoms with Crippen molar-refractivity contribution in [3.05, 3.63) is 62.8 Å². The van der Waals surface area contributed by atoms with Crippen LogP contribution in [0.4, 0.5) is 0 Å². The number of likely N-dealkylation sites (tertiary alicyclic amines) is 1. The minimum Gasteiger partial charge on any atom is -0.338 e. The summed E-state index contributed by atoms with van der Waals surface area (Å²) in [4.78, 5) is 35.8. The summed E-state index contributed by atoms with van der Waals surface area (Å²) in [6.45, 7) is 7.94. The number of carbonyl (C=O) groups excluding carboxylic acids is 1. The number of aromatic nitrogens is 2. The summed E-state index contributed by atoms with van der Waals surface area (Å²) in [5.41, 5.74) is 8.63. The monoisotopic (exact) mass is 430 g/mol. The van der Waals surface area contributed by atoms with Gasteiger partial charge in [-0.05, 0) is 43.4 Å². The van der Waals surface area contributed by atoms with Crippen molar-refractivity contribution < 1.29 is 4.79 Å². The minimum absolute atomic E-state index is 0. The van der Waals surface area contributed by atoms with Crippen LogP contribution in [-0.4, -0.2) is 33.9 Å². The number of hydrogen-bond donors (Lipinski definition) is 2. The molecule has 1 atom stereocenters. The fraction of sp³-hybridized carbons (Fsp3) is 0.522. The standard InChI is InChI=1S/C23H30N4O2.ClH/c1-22(2,3)21-25-18-17(19(28)26-21)8-10-23(18)9-5-11-27(14-23)20(29)16-7-4-6-15(12-16)13-24;/h4,6-7,12H,5,8-11,13-14,24H2,1-3H3,(H,25,26,28);1H. The van der Waals surface area contributed by atoms with Crippen LogP contribution in [-0.2, 0) is 23.8 Å². The van der Waals surface area contributed by atoms with Crippen LogP contribution in [0.15, 0.2) is 29.1 Å². The molecule has 0 radical (unpaired) electrons. The highest BCUT2D eigenvalue weighted by atomic mass is 35.5. The Morgan fingerprint density at radius 1 is 1.30 bits per heavy atom. The van der Waals surface area contributed by atoms with E-state index in [0.29, 0.717) is 18.7 Å². The second kappa shape index (κ2) is 8.16. The summed E-state index contributed by atoms with van der Waals surface area (Å²) in [5, 5.41) is 0. The molecule has 0 saturated carbocycles. The largest absolute Gasteiger partial charge is 0.338 e. The van der Waals surface area contributed by atoms with Crippen LogP contribution in [0.25, 0.3) is 0 Å². The summed E-state index contributed by atoms with van der Waals surface area (Å²) >= 11 is 0. The van der Waals surface area contributed by atoms with E-state index >= 15 is 0 Å². The lowest BCUT2D eigenvalue weighted by Crippen LogP contribution is -2.48. The number of nitrogens with zero attached hydrogens (tertiary/aromatic N) is 2. The van der Waals surface area contributed by atoms with Gasteiger partial charge in [0.05, 0.1) is 5.69 Å². The van der Waals surface area contributed by atoms with Crippen LogP contribution >= 0.6 is 12.4 Å². The lowest BCUT2D eigenvalue weighted by Gasteiger charge is -2.40. The van der Waals surface area contributed by atoms with Gasteiger partial charge in [0.25, 0.3) is 11.5 Å². The van der Waals surface area contributed by atoms with Gasteiger partial charge in [-0.25, -0.2) is 4.98 Å². The van der Waals surface area contributed by atoms with E-state index in [0.717, 1.165) is 54.9 Å². The molecule has 3 N–H and O–H groups in total. The Labute approximate surface area is 183 Å². The van der Waals surface area contributed by atoms with E-state index in [4.69, 9.17) is 10.7 Å². The Hall–Kier alpha value is -2.18. The van der Waals surface area contributed by atoms with Crippen LogP contribution < -0.4 is 11.3 Å². The Morgan fingerprint density at radius 2 is 2.07 bits per heavy atom. The number of rotatable bonds is 2. The molecule has 1 aromatic carbocycles. The fourth-order valence-corrected chi connectivity index (χ4v) is 4.72. The molecule has 1 saturated heterocycles. The Bertz CT molecular complexity index is 1010. The third-order valence-corrected chi connectivity index (χ3v) is 6.36. The molecule has 4 rings (SSSR count). The highest BCUT2D eigenvalue weighted by molar-refractivity contribution is 5.94. The Morgan fingerprint density at radius 3 is 2.77 bits per heavy atom. The van der Waals surface area contributed by atoms with Crippen molar-refractivity contribution in [2.45, 2.75) is 63.8 Å². The van der Waals surface area contributed by atoms with Gasteiger partial charge in [0.1, 0.15) is 5.82 Å². The highest BCUT2D eigenvalue weighted by Crippen LogP contribution is 2.43. The number of H-pyrrole nitrogens is 1. The molecular formula is C23H31ClN4O2. The van der Waals surface area contributed by atoms with E-state index in [1.54, 1.807) is 0 Å². The van der Waals surface area contributed by atoms with Crippen molar-refractivity contribution in [2.75, 3.05) is 13.1 Å². The summed E-state index contributed by atoms with van der Waals surface area (Å²) in [6, 6.07) is 7.56. The number of fused-ring (bicyclic) bond motifs is 2. The molecule has 7 heteroatoms. The van der Waals surface area contributed by atoms with Gasteiger partial charge in [0, 0.05) is 41.6 Å². The van der Waals surface area contributed by atoms with E-state index in [-0.39, 0.29) is 34.7 Å². The summed E-state index contributed by atoms with van der Waals surface area (Å²) in [5.74, 6) is 0.760. The van der Waals surface area contributed by atoms with Gasteiger partial charge in [-0.1, -0.05) is 32.9 Å². The average molecular weight is 431 g/mol. The summed E-state index contributed by atoms with van der Waals surface area (Å²) in [6.07, 6.45) is 3.49. The van der Waals surface area contributed by atoms with Crippen molar-refractivity contribution in [1.82, 2.24) is 14.9 Å². The third-order valence-electron chi connectivity index (χ3n) is 6.36. The van der Waals surface area contributed by atoms with E-state index in [1.165, 1.54) is 0 Å². The Balaban J connectivity index is 0.00000256. The molecule has 0 bridgehead atoms. The molecule has 1 aromatic heterocycles. The second-order valence-corrected chi connectivity index (χ2v) is 9.51. The van der Waals surface area contributed by atoms with Crippen molar-refractivity contribution in [3.8, 4) is 0 Å². The highest BCUT2D eigenvalue weighted by Gasteiger charge is 2.46. The number of hydrogen-bond acceptors (Lipinski definition) is 4. The van der Waals surface area contributed by atoms with Gasteiger partial charge in [0.2, 0.25) is 0 Å². The minimum atomic E-state index is -0.231. The molecule has 1 amide bonds. The predicted octanol–water partition coefficient (Wildman–Crippen LogP) is 3.07. The molecular weight excluding hydrogens is 400 g/mol. The molecule has 1 unspecified atom stereocenters. The van der Waals surface area contributed by atoms with E-state index in [1.807, 2.05) is 29.2 Å². The first kappa shape index (κ1) is 22.5. The lowest BCUT2D eigenvalue weighted by molar-refractivity contribution is 0.0633. The van der Waals surface area contributed by atoms with Crippen LogP contribution in [0, 0.1) is 0 Å². The average Bonchev–Trinajstić information content (AvgIpc) is 3.05. The lowest BCUT2D eigenvalue weighted by atomic mass is 9.77. The number of aromatic amines is 1. The van der Waals surface area contributed by atoms with E-state index in [9.17, 15) is 9.59 Å². The predicted molar refractivity (Wildman–Crippen MR) is 120 cm³/mol. The molecule has 6 nitrogen and oxygen atoms in total. The zero-order valence-corrected chi connectivity index (χ0v) is 18.8. The maximum atomic E-state index is 13.2. The maximum absolute atomic E-state index is 13.2. The number of piperidine rings is 1. The van der Waals surface area contributed by atoms with Crippen molar-refractivity contribution in [3.63, 3.8) is 0 Å². The van der Waals surface area contributed by atoms with Crippen LogP contribution in [0.3, 0.4) is 0 Å². The number of benzene rings is 1. The zero-order chi connectivity index (χ0) is 20.8. The van der Waals surface area contributed by atoms with Crippen molar-refractivity contribution in [2.24, 2.45) is 5.73 Å². The fourth-order valence-electron chi connectivity index (χ4n) is 4.72. The first-order valence-corrected chi connectivity index (χ1v) is 10.5. The van der Waals surface area contributed by atoms with E-state index in [2.05, 4.69) is 25.8 Å². The molecule has 1 spiro atoms. The molecule has 1 aliphatic heterocycles. The SMILES string of the molecule is CC(C)(C)c1nc2c(c(=O)[nH]1)CCC21CCCN(C(=O)c2cccc(CN)c2)C1.Cl. The molecule has 1 aliphatic carbocycles. The van der Waals surface area contributed by atoms with Gasteiger partial charge in [-0.2, -0.15) is 0 Å². The van der Waals surface area contributed by atoms with Gasteiger partial charge in [0.15, 0.2) is 0 Å². The zero-order valence-electron chi connectivity index (χ0n) is 18.0. The Kier molecular flexibility index (Phi) is 6.12. The first-order valence-electron chi connectivity index (χ1n) is 10.5. The van der Waals surface area contributed by atoms with E-state index < -0.39 is 0 Å². The second-order valence-electron chi connectivity index (χ2n) is 9.51. The van der Waals surface area contributed by atoms with Crippen LogP contribution in [0.5, 0.6) is 0 Å². The van der Waals surface area contributed by atoms with Crippen molar-refractivity contribution in [1.29, 1.82) is 0 Å². The normalized spacial score (nSPS) is 20.7. The molecule has 2 aliphatic rings. The molecule has 1 fully saturated rings. The maximum Gasteiger partial charge on any atom is 0.254 e. The molecule has 2 aromatic rings. The molecule has 2 heterocycles. The number of halogens is 1. The van der Waals surface area contributed by atoms with Gasteiger partial charge >= 0.3 is 0 Å². The number of nitrogens with one attached hydrogen (secondary N) is 1. The van der Waals surface area contributed by atoms with Gasteiger partial charge in [-0.15, -0.1) is 12.4 Å². The number of carbonyl (C=O) groups is 1. The van der Waals surface area contributed by atoms with Crippen molar-refractivity contribution >= 4 is 18.3 Å². The van der Waals surface area contributed by atoms with Crippen LogP contribution in [0.1, 0.15) is 73.0 Å². The quantitative estimate of drug-likeness (QED) is 0.765. The van der Waals surface area contributed by atoms with Crippen LogP contribution in [0.2, 0.25) is 0 Å².